The normalized spacial score (nSPS) is 18.4. The first kappa shape index (κ1) is 15.9. The predicted octanol–water partition coefficient (Wildman–Crippen LogP) is 2.23. The van der Waals surface area contributed by atoms with Gasteiger partial charge < -0.3 is 20.7 Å². The summed E-state index contributed by atoms with van der Waals surface area (Å²) in [6.07, 6.45) is 0. The van der Waals surface area contributed by atoms with E-state index >= 15 is 0 Å². The van der Waals surface area contributed by atoms with Crippen molar-refractivity contribution in [3.05, 3.63) is 40.9 Å². The monoisotopic (exact) mass is 357 g/mol. The average molecular weight is 358 g/mol. The summed E-state index contributed by atoms with van der Waals surface area (Å²) in [6.45, 7) is 2.88. The molecule has 1 amide bonds. The molecule has 128 valence electrons. The standard InChI is InChI=1S/C17H16ClN5O2/c18-10-1-2-12-11(9-10)15(17(24)21-12)20-13-3-4-14(22-16(13)19)23-5-7-25-8-6-23/h1-4,9H,5-8H2,(H2,19,22)(H,20,21,24). The summed E-state index contributed by atoms with van der Waals surface area (Å²) in [5.74, 6) is 0.776. The third-order valence-corrected chi connectivity index (χ3v) is 4.39. The Morgan fingerprint density at radius 1 is 1.24 bits per heavy atom. The van der Waals surface area contributed by atoms with Crippen LogP contribution in [0.1, 0.15) is 5.56 Å². The highest BCUT2D eigenvalue weighted by Crippen LogP contribution is 2.30. The zero-order valence-corrected chi connectivity index (χ0v) is 14.1. The van der Waals surface area contributed by atoms with Gasteiger partial charge in [0.15, 0.2) is 5.82 Å². The predicted molar refractivity (Wildman–Crippen MR) is 98.0 cm³/mol. The van der Waals surface area contributed by atoms with Crippen LogP contribution in [0.2, 0.25) is 5.02 Å². The maximum atomic E-state index is 12.2. The summed E-state index contributed by atoms with van der Waals surface area (Å²) in [5, 5.41) is 3.30. The molecule has 0 radical (unpaired) electrons. The molecule has 2 aliphatic heterocycles. The van der Waals surface area contributed by atoms with Crippen molar-refractivity contribution < 1.29 is 9.53 Å². The lowest BCUT2D eigenvalue weighted by atomic mass is 10.1. The zero-order valence-electron chi connectivity index (χ0n) is 13.3. The van der Waals surface area contributed by atoms with Crippen LogP contribution in [0.25, 0.3) is 0 Å². The number of hydrogen-bond acceptors (Lipinski definition) is 6. The van der Waals surface area contributed by atoms with Gasteiger partial charge in [-0.3, -0.25) is 4.79 Å². The average Bonchev–Trinajstić information content (AvgIpc) is 2.92. The number of amides is 1. The van der Waals surface area contributed by atoms with E-state index in [2.05, 4.69) is 20.2 Å². The molecule has 0 unspecified atom stereocenters. The molecule has 8 heteroatoms. The third-order valence-electron chi connectivity index (χ3n) is 4.16. The number of rotatable bonds is 2. The van der Waals surface area contributed by atoms with Crippen molar-refractivity contribution in [3.8, 4) is 0 Å². The van der Waals surface area contributed by atoms with E-state index < -0.39 is 0 Å². The summed E-state index contributed by atoms with van der Waals surface area (Å²) in [5.41, 5.74) is 8.15. The van der Waals surface area contributed by atoms with Gasteiger partial charge in [-0.2, -0.15) is 0 Å². The number of aliphatic imine (C=N–C) groups is 1. The van der Waals surface area contributed by atoms with Gasteiger partial charge in [-0.25, -0.2) is 9.98 Å². The number of hydrogen-bond donors (Lipinski definition) is 2. The van der Waals surface area contributed by atoms with E-state index in [0.717, 1.165) is 18.9 Å². The molecule has 1 aromatic heterocycles. The van der Waals surface area contributed by atoms with E-state index in [0.29, 0.717) is 35.2 Å². The summed E-state index contributed by atoms with van der Waals surface area (Å²) < 4.78 is 5.34. The number of benzene rings is 1. The zero-order chi connectivity index (χ0) is 17.4. The van der Waals surface area contributed by atoms with Gasteiger partial charge in [-0.15, -0.1) is 0 Å². The Kier molecular flexibility index (Phi) is 4.03. The van der Waals surface area contributed by atoms with E-state index in [9.17, 15) is 4.79 Å². The lowest BCUT2D eigenvalue weighted by molar-refractivity contribution is -0.110. The molecule has 1 aromatic carbocycles. The highest BCUT2D eigenvalue weighted by Gasteiger charge is 2.26. The van der Waals surface area contributed by atoms with Crippen molar-refractivity contribution in [1.82, 2.24) is 4.98 Å². The quantitative estimate of drug-likeness (QED) is 0.859. The van der Waals surface area contributed by atoms with Gasteiger partial charge in [-0.1, -0.05) is 11.6 Å². The molecule has 3 heterocycles. The SMILES string of the molecule is Nc1nc(N2CCOCC2)ccc1N=C1C(=O)Nc2ccc(Cl)cc21. The van der Waals surface area contributed by atoms with Crippen molar-refractivity contribution in [2.45, 2.75) is 0 Å². The summed E-state index contributed by atoms with van der Waals surface area (Å²) in [7, 11) is 0. The van der Waals surface area contributed by atoms with Crippen molar-refractivity contribution >= 4 is 46.2 Å². The fourth-order valence-corrected chi connectivity index (χ4v) is 3.05. The Morgan fingerprint density at radius 2 is 2.04 bits per heavy atom. The lowest BCUT2D eigenvalue weighted by Crippen LogP contribution is -2.36. The number of carbonyl (C=O) groups is 1. The van der Waals surface area contributed by atoms with Crippen LogP contribution in [0.15, 0.2) is 35.3 Å². The van der Waals surface area contributed by atoms with Gasteiger partial charge in [0.25, 0.3) is 5.91 Å². The summed E-state index contributed by atoms with van der Waals surface area (Å²) >= 11 is 6.03. The number of pyridine rings is 1. The van der Waals surface area contributed by atoms with Crippen LogP contribution in [0.3, 0.4) is 0 Å². The molecule has 2 aliphatic rings. The molecule has 1 saturated heterocycles. The number of nitrogens with one attached hydrogen (secondary N) is 1. The first-order valence-corrected chi connectivity index (χ1v) is 8.29. The molecule has 0 spiro atoms. The number of halogens is 1. The number of nitrogens with two attached hydrogens (primary N) is 1. The van der Waals surface area contributed by atoms with Crippen molar-refractivity contribution in [2.75, 3.05) is 42.3 Å². The second-order valence-electron chi connectivity index (χ2n) is 5.78. The number of carbonyl (C=O) groups excluding carboxylic acids is 1. The number of nitrogen functional groups attached to an aromatic ring is 1. The number of morpholine rings is 1. The Labute approximate surface area is 149 Å². The second kappa shape index (κ2) is 6.34. The van der Waals surface area contributed by atoms with Gasteiger partial charge in [0.2, 0.25) is 0 Å². The van der Waals surface area contributed by atoms with Gasteiger partial charge in [0, 0.05) is 23.7 Å². The van der Waals surface area contributed by atoms with E-state index in [-0.39, 0.29) is 17.4 Å². The number of aromatic nitrogens is 1. The van der Waals surface area contributed by atoms with Gasteiger partial charge in [0.05, 0.1) is 18.9 Å². The Hall–Kier alpha value is -2.64. The molecule has 25 heavy (non-hydrogen) atoms. The molecule has 4 rings (SSSR count). The van der Waals surface area contributed by atoms with Crippen LogP contribution in [0.4, 0.5) is 23.0 Å². The van der Waals surface area contributed by atoms with Crippen LogP contribution < -0.4 is 16.0 Å². The van der Waals surface area contributed by atoms with E-state index in [4.69, 9.17) is 22.1 Å². The summed E-state index contributed by atoms with van der Waals surface area (Å²) in [4.78, 5) is 23.2. The maximum Gasteiger partial charge on any atom is 0.275 e. The Morgan fingerprint density at radius 3 is 2.80 bits per heavy atom. The second-order valence-corrected chi connectivity index (χ2v) is 6.21. The van der Waals surface area contributed by atoms with E-state index in [1.807, 2.05) is 6.07 Å². The Balaban J connectivity index is 1.68. The topological polar surface area (TPSA) is 92.8 Å². The van der Waals surface area contributed by atoms with Crippen LogP contribution >= 0.6 is 11.6 Å². The minimum absolute atomic E-state index is 0.278. The van der Waals surface area contributed by atoms with E-state index in [1.54, 1.807) is 24.3 Å². The van der Waals surface area contributed by atoms with Crippen LogP contribution in [-0.2, 0) is 9.53 Å². The molecule has 2 aromatic rings. The molecule has 3 N–H and O–H groups in total. The van der Waals surface area contributed by atoms with Crippen LogP contribution in [0, 0.1) is 0 Å². The molecule has 0 aliphatic carbocycles. The van der Waals surface area contributed by atoms with Gasteiger partial charge >= 0.3 is 0 Å². The smallest absolute Gasteiger partial charge is 0.275 e. The first-order valence-electron chi connectivity index (χ1n) is 7.91. The third kappa shape index (κ3) is 3.04. The number of anilines is 3. The number of nitrogens with zero attached hydrogens (tertiary/aromatic N) is 3. The van der Waals surface area contributed by atoms with Crippen molar-refractivity contribution in [1.29, 1.82) is 0 Å². The first-order chi connectivity index (χ1) is 12.1. The van der Waals surface area contributed by atoms with Gasteiger partial charge in [-0.05, 0) is 30.3 Å². The van der Waals surface area contributed by atoms with Crippen LogP contribution in [-0.4, -0.2) is 42.9 Å². The van der Waals surface area contributed by atoms with Gasteiger partial charge in [0.1, 0.15) is 17.2 Å². The minimum Gasteiger partial charge on any atom is -0.382 e. The Bertz CT molecular complexity index is 877. The molecule has 0 saturated carbocycles. The lowest BCUT2D eigenvalue weighted by Gasteiger charge is -2.27. The number of fused-ring (bicyclic) bond motifs is 1. The molecule has 7 nitrogen and oxygen atoms in total. The highest BCUT2D eigenvalue weighted by atomic mass is 35.5. The largest absolute Gasteiger partial charge is 0.382 e. The fourth-order valence-electron chi connectivity index (χ4n) is 2.88. The molecule has 1 fully saturated rings. The van der Waals surface area contributed by atoms with Crippen molar-refractivity contribution in [2.24, 2.45) is 4.99 Å². The highest BCUT2D eigenvalue weighted by molar-refractivity contribution is 6.54. The molecule has 0 bridgehead atoms. The molecular formula is C17H16ClN5O2. The van der Waals surface area contributed by atoms with Crippen molar-refractivity contribution in [3.63, 3.8) is 0 Å². The van der Waals surface area contributed by atoms with Crippen LogP contribution in [0.5, 0.6) is 0 Å². The molecular weight excluding hydrogens is 342 g/mol. The minimum atomic E-state index is -0.283. The summed E-state index contributed by atoms with van der Waals surface area (Å²) in [6, 6.07) is 8.81. The maximum absolute atomic E-state index is 12.2. The molecule has 0 atom stereocenters. The van der Waals surface area contributed by atoms with E-state index in [1.165, 1.54) is 0 Å². The fraction of sp³-hybridized carbons (Fsp3) is 0.235. The number of ether oxygens (including phenoxy) is 1.